The highest BCUT2D eigenvalue weighted by Crippen LogP contribution is 2.49. The van der Waals surface area contributed by atoms with Crippen molar-refractivity contribution in [3.63, 3.8) is 0 Å². The van der Waals surface area contributed by atoms with Crippen molar-refractivity contribution >= 4 is 35.0 Å². The Balaban J connectivity index is 1.58. The van der Waals surface area contributed by atoms with Gasteiger partial charge in [-0.15, -0.1) is 0 Å². The van der Waals surface area contributed by atoms with Crippen molar-refractivity contribution in [2.24, 2.45) is 11.8 Å². The van der Waals surface area contributed by atoms with E-state index >= 15 is 0 Å². The Morgan fingerprint density at radius 1 is 1.07 bits per heavy atom. The van der Waals surface area contributed by atoms with Crippen LogP contribution in [-0.4, -0.2) is 28.7 Å². The van der Waals surface area contributed by atoms with Crippen molar-refractivity contribution in [1.29, 1.82) is 0 Å². The third-order valence-electron chi connectivity index (χ3n) is 6.31. The number of hydrogen-bond acceptors (Lipinski definition) is 3. The molecule has 6 nitrogen and oxygen atoms in total. The Kier molecular flexibility index (Phi) is 3.66. The van der Waals surface area contributed by atoms with Crippen LogP contribution in [0.2, 0.25) is 5.02 Å². The third-order valence-corrected chi connectivity index (χ3v) is 6.68. The smallest absolute Gasteiger partial charge is 0.291 e. The van der Waals surface area contributed by atoms with Crippen LogP contribution in [0.4, 0.5) is 5.69 Å². The summed E-state index contributed by atoms with van der Waals surface area (Å²) < 4.78 is 0. The second kappa shape index (κ2) is 5.90. The largest absolute Gasteiger partial charge is 0.326 e. The summed E-state index contributed by atoms with van der Waals surface area (Å²) in [6, 6.07) is 14.4. The molecule has 0 aliphatic carbocycles. The SMILES string of the molecule is C[C@H]1[NH2+][C@@]2(C(=O)Nc3ccccc32)[C@H]2C(=O)N(Cc3ccccc3Cl)C(=O)[C@H]12. The molecular weight excluding hydrogens is 378 g/mol. The van der Waals surface area contributed by atoms with Crippen molar-refractivity contribution in [2.75, 3.05) is 5.32 Å². The van der Waals surface area contributed by atoms with Gasteiger partial charge >= 0.3 is 0 Å². The van der Waals surface area contributed by atoms with Crippen molar-refractivity contribution in [3.05, 3.63) is 64.7 Å². The normalized spacial score (nSPS) is 30.7. The van der Waals surface area contributed by atoms with E-state index in [0.717, 1.165) is 5.56 Å². The van der Waals surface area contributed by atoms with Crippen LogP contribution in [0.15, 0.2) is 48.5 Å². The number of likely N-dealkylation sites (tertiary alicyclic amines) is 1. The van der Waals surface area contributed by atoms with Crippen molar-refractivity contribution in [3.8, 4) is 0 Å². The lowest BCUT2D eigenvalue weighted by molar-refractivity contribution is -0.730. The molecule has 3 heterocycles. The van der Waals surface area contributed by atoms with E-state index in [0.29, 0.717) is 16.3 Å². The summed E-state index contributed by atoms with van der Waals surface area (Å²) in [5.41, 5.74) is 1.11. The van der Waals surface area contributed by atoms with Gasteiger partial charge in [-0.1, -0.05) is 48.0 Å². The first-order valence-electron chi connectivity index (χ1n) is 9.31. The average molecular weight is 397 g/mol. The summed E-state index contributed by atoms with van der Waals surface area (Å²) in [5.74, 6) is -2.02. The van der Waals surface area contributed by atoms with Crippen LogP contribution in [0.25, 0.3) is 0 Å². The molecule has 2 aromatic carbocycles. The van der Waals surface area contributed by atoms with Gasteiger partial charge in [0.05, 0.1) is 18.3 Å². The third kappa shape index (κ3) is 2.10. The fourth-order valence-electron chi connectivity index (χ4n) is 5.11. The molecule has 3 aliphatic heterocycles. The van der Waals surface area contributed by atoms with E-state index in [4.69, 9.17) is 11.6 Å². The highest BCUT2D eigenvalue weighted by molar-refractivity contribution is 6.31. The first kappa shape index (κ1) is 17.4. The highest BCUT2D eigenvalue weighted by Gasteiger charge is 2.73. The number of imide groups is 1. The number of anilines is 1. The lowest BCUT2D eigenvalue weighted by atomic mass is 9.76. The van der Waals surface area contributed by atoms with Gasteiger partial charge < -0.3 is 10.6 Å². The number of nitrogens with zero attached hydrogens (tertiary/aromatic N) is 1. The molecule has 1 spiro atoms. The summed E-state index contributed by atoms with van der Waals surface area (Å²) in [6.07, 6.45) is 0. The van der Waals surface area contributed by atoms with E-state index in [-0.39, 0.29) is 30.3 Å². The van der Waals surface area contributed by atoms with E-state index in [1.54, 1.807) is 18.2 Å². The van der Waals surface area contributed by atoms with Crippen molar-refractivity contribution in [2.45, 2.75) is 25.0 Å². The van der Waals surface area contributed by atoms with Crippen LogP contribution in [0.5, 0.6) is 0 Å². The predicted molar refractivity (Wildman–Crippen MR) is 102 cm³/mol. The molecule has 5 rings (SSSR count). The number of quaternary nitrogens is 1. The molecule has 0 unspecified atom stereocenters. The van der Waals surface area contributed by atoms with Gasteiger partial charge in [0.15, 0.2) is 0 Å². The van der Waals surface area contributed by atoms with Crippen LogP contribution in [0.1, 0.15) is 18.1 Å². The summed E-state index contributed by atoms with van der Waals surface area (Å²) in [7, 11) is 0. The Labute approximate surface area is 166 Å². The number of rotatable bonds is 2. The molecule has 2 saturated heterocycles. The van der Waals surface area contributed by atoms with Crippen LogP contribution in [0, 0.1) is 11.8 Å². The second-order valence-electron chi connectivity index (χ2n) is 7.75. The quantitative estimate of drug-likeness (QED) is 0.749. The topological polar surface area (TPSA) is 83.1 Å². The minimum atomic E-state index is -1.09. The fourth-order valence-corrected chi connectivity index (χ4v) is 5.30. The molecule has 0 aromatic heterocycles. The van der Waals surface area contributed by atoms with Gasteiger partial charge in [-0.3, -0.25) is 19.3 Å². The van der Waals surface area contributed by atoms with Gasteiger partial charge in [-0.25, -0.2) is 0 Å². The lowest BCUT2D eigenvalue weighted by Gasteiger charge is -2.26. The minimum Gasteiger partial charge on any atom is -0.326 e. The Morgan fingerprint density at radius 3 is 2.57 bits per heavy atom. The standard InChI is InChI=1S/C21H18ClN3O3/c1-11-16-17(21(24-11)13-7-3-5-9-15(13)23-20(21)28)19(27)25(18(16)26)10-12-6-2-4-8-14(12)22/h2-9,11,16-17,24H,10H2,1H3,(H,23,28)/p+1/t11-,16-,17-,21-/m1/s1. The predicted octanol–water partition coefficient (Wildman–Crippen LogP) is 1.25. The zero-order chi connectivity index (χ0) is 19.6. The van der Waals surface area contributed by atoms with Gasteiger partial charge in [0.1, 0.15) is 11.8 Å². The summed E-state index contributed by atoms with van der Waals surface area (Å²) in [5, 5.41) is 5.31. The number of para-hydroxylation sites is 1. The summed E-state index contributed by atoms with van der Waals surface area (Å²) in [4.78, 5) is 41.0. The number of amides is 3. The molecule has 0 radical (unpaired) electrons. The first-order valence-corrected chi connectivity index (χ1v) is 9.68. The number of carbonyl (C=O) groups is 3. The van der Waals surface area contributed by atoms with Gasteiger partial charge in [0.25, 0.3) is 5.91 Å². The molecule has 0 bridgehead atoms. The van der Waals surface area contributed by atoms with Gasteiger partial charge in [-0.2, -0.15) is 0 Å². The number of benzene rings is 2. The second-order valence-corrected chi connectivity index (χ2v) is 8.16. The Hall–Kier alpha value is -2.70. The van der Waals surface area contributed by atoms with E-state index in [9.17, 15) is 14.4 Å². The number of hydrogen-bond donors (Lipinski definition) is 2. The highest BCUT2D eigenvalue weighted by atomic mass is 35.5. The van der Waals surface area contributed by atoms with Gasteiger partial charge in [0.2, 0.25) is 17.4 Å². The lowest BCUT2D eigenvalue weighted by Crippen LogP contribution is -2.98. The number of halogens is 1. The van der Waals surface area contributed by atoms with Crippen LogP contribution in [-0.2, 0) is 26.5 Å². The number of nitrogens with two attached hydrogens (primary N) is 1. The summed E-state index contributed by atoms with van der Waals surface area (Å²) in [6.45, 7) is 2.03. The van der Waals surface area contributed by atoms with Crippen LogP contribution >= 0.6 is 11.6 Å². The molecular formula is C21H19ClN3O3+. The average Bonchev–Trinajstić information content (AvgIpc) is 3.23. The zero-order valence-corrected chi connectivity index (χ0v) is 15.9. The molecule has 2 fully saturated rings. The molecule has 4 atom stereocenters. The zero-order valence-electron chi connectivity index (χ0n) is 15.2. The minimum absolute atomic E-state index is 0.121. The molecule has 3 N–H and O–H groups in total. The molecule has 3 amide bonds. The molecule has 7 heteroatoms. The fraction of sp³-hybridized carbons (Fsp3) is 0.286. The van der Waals surface area contributed by atoms with Crippen LogP contribution < -0.4 is 10.6 Å². The Morgan fingerprint density at radius 2 is 1.79 bits per heavy atom. The van der Waals surface area contributed by atoms with E-state index in [2.05, 4.69) is 5.32 Å². The van der Waals surface area contributed by atoms with E-state index < -0.39 is 17.4 Å². The summed E-state index contributed by atoms with van der Waals surface area (Å²) >= 11 is 6.24. The number of nitrogens with one attached hydrogen (secondary N) is 1. The van der Waals surface area contributed by atoms with E-state index in [1.807, 2.05) is 42.6 Å². The van der Waals surface area contributed by atoms with Crippen LogP contribution in [0.3, 0.4) is 0 Å². The van der Waals surface area contributed by atoms with Gasteiger partial charge in [0, 0.05) is 10.6 Å². The molecule has 3 aliphatic rings. The number of fused-ring (bicyclic) bond motifs is 4. The molecule has 0 saturated carbocycles. The monoisotopic (exact) mass is 396 g/mol. The first-order chi connectivity index (χ1) is 13.4. The number of carbonyl (C=O) groups excluding carboxylic acids is 3. The molecule has 142 valence electrons. The molecule has 28 heavy (non-hydrogen) atoms. The Bertz CT molecular complexity index is 1040. The maximum Gasteiger partial charge on any atom is 0.291 e. The van der Waals surface area contributed by atoms with E-state index in [1.165, 1.54) is 4.90 Å². The maximum atomic E-state index is 13.4. The van der Waals surface area contributed by atoms with Crippen molar-refractivity contribution < 1.29 is 19.7 Å². The molecule has 2 aromatic rings. The van der Waals surface area contributed by atoms with Crippen molar-refractivity contribution in [1.82, 2.24) is 4.90 Å². The maximum absolute atomic E-state index is 13.4. The van der Waals surface area contributed by atoms with Gasteiger partial charge in [-0.05, 0) is 24.6 Å².